The maximum absolute atomic E-state index is 12.5. The molecule has 0 N–H and O–H groups in total. The van der Waals surface area contributed by atoms with E-state index in [0.29, 0.717) is 28.4 Å². The number of hydrogen-bond acceptors (Lipinski definition) is 6. The molecule has 0 saturated heterocycles. The number of thiophene rings is 1. The smallest absolute Gasteiger partial charge is 0.257 e. The van der Waals surface area contributed by atoms with Gasteiger partial charge < -0.3 is 18.6 Å². The Labute approximate surface area is 182 Å². The molecule has 0 aliphatic carbocycles. The molecule has 8 heteroatoms. The second kappa shape index (κ2) is 7.24. The maximum Gasteiger partial charge on any atom is 0.257 e. The van der Waals surface area contributed by atoms with Crippen LogP contribution >= 0.6 is 11.3 Å². The third-order valence-corrected chi connectivity index (χ3v) is 6.24. The molecule has 0 atom stereocenters. The maximum atomic E-state index is 12.5. The Bertz CT molecular complexity index is 1440. The summed E-state index contributed by atoms with van der Waals surface area (Å²) in [6.07, 6.45) is 5.43. The number of furan rings is 1. The van der Waals surface area contributed by atoms with Crippen molar-refractivity contribution in [1.29, 1.82) is 0 Å². The van der Waals surface area contributed by atoms with Crippen LogP contribution in [0.3, 0.4) is 0 Å². The lowest BCUT2D eigenvalue weighted by Gasteiger charge is -2.09. The highest BCUT2D eigenvalue weighted by molar-refractivity contribution is 7.22. The molecular weight excluding hydrogens is 412 g/mol. The number of amides is 1. The lowest BCUT2D eigenvalue weighted by atomic mass is 10.1. The number of imidazole rings is 1. The monoisotopic (exact) mass is 432 g/mol. The van der Waals surface area contributed by atoms with Crippen LogP contribution in [0.4, 0.5) is 0 Å². The minimum absolute atomic E-state index is 0.0823. The third kappa shape index (κ3) is 3.25. The predicted octanol–water partition coefficient (Wildman–Crippen LogP) is 5.25. The van der Waals surface area contributed by atoms with E-state index in [-0.39, 0.29) is 5.91 Å². The van der Waals surface area contributed by atoms with E-state index in [0.717, 1.165) is 26.3 Å². The zero-order chi connectivity index (χ0) is 21.7. The lowest BCUT2D eigenvalue weighted by molar-refractivity contribution is 0.0827. The number of rotatable bonds is 4. The number of fused-ring (bicyclic) bond motifs is 2. The van der Waals surface area contributed by atoms with Crippen LogP contribution < -0.4 is 4.74 Å². The molecule has 156 valence electrons. The van der Waals surface area contributed by atoms with E-state index in [2.05, 4.69) is 9.97 Å². The molecule has 0 saturated carbocycles. The molecule has 0 unspecified atom stereocenters. The van der Waals surface area contributed by atoms with E-state index < -0.39 is 0 Å². The summed E-state index contributed by atoms with van der Waals surface area (Å²) in [6.45, 7) is 1.80. The number of aromatic nitrogens is 3. The minimum Gasteiger partial charge on any atom is -0.460 e. The van der Waals surface area contributed by atoms with Crippen molar-refractivity contribution in [3.05, 3.63) is 60.2 Å². The standard InChI is InChI=1S/C23H20N4O3S/c1-13-20(23(28)26(2)3)15-6-5-14(11-18(15)29-13)30-17-7-8-24-16-12-19(31-21(16)17)22-25-9-10-27(22)4/h5-12H,1-4H3. The van der Waals surface area contributed by atoms with Gasteiger partial charge in [0.05, 0.1) is 20.7 Å². The quantitative estimate of drug-likeness (QED) is 0.388. The number of benzene rings is 1. The number of carbonyl (C=O) groups is 1. The van der Waals surface area contributed by atoms with Crippen molar-refractivity contribution in [1.82, 2.24) is 19.4 Å². The third-order valence-electron chi connectivity index (χ3n) is 5.10. The van der Waals surface area contributed by atoms with E-state index in [1.54, 1.807) is 49.6 Å². The van der Waals surface area contributed by atoms with Gasteiger partial charge in [0.1, 0.15) is 28.7 Å². The summed E-state index contributed by atoms with van der Waals surface area (Å²) in [6, 6.07) is 9.40. The highest BCUT2D eigenvalue weighted by Crippen LogP contribution is 2.39. The molecule has 5 aromatic rings. The number of aryl methyl sites for hydroxylation is 2. The van der Waals surface area contributed by atoms with E-state index in [9.17, 15) is 4.79 Å². The average Bonchev–Trinajstić information content (AvgIpc) is 3.43. The van der Waals surface area contributed by atoms with E-state index in [1.165, 1.54) is 0 Å². The van der Waals surface area contributed by atoms with E-state index in [1.807, 2.05) is 48.1 Å². The van der Waals surface area contributed by atoms with Gasteiger partial charge in [-0.25, -0.2) is 4.98 Å². The summed E-state index contributed by atoms with van der Waals surface area (Å²) < 4.78 is 15.0. The molecule has 0 aliphatic heterocycles. The van der Waals surface area contributed by atoms with Crippen molar-refractivity contribution in [2.75, 3.05) is 14.1 Å². The fourth-order valence-corrected chi connectivity index (χ4v) is 4.69. The van der Waals surface area contributed by atoms with Crippen LogP contribution in [0.15, 0.2) is 53.3 Å². The molecule has 5 rings (SSSR count). The van der Waals surface area contributed by atoms with Crippen molar-refractivity contribution in [2.24, 2.45) is 7.05 Å². The first-order valence-electron chi connectivity index (χ1n) is 9.71. The molecule has 0 fully saturated rings. The summed E-state index contributed by atoms with van der Waals surface area (Å²) in [4.78, 5) is 24.0. The fraction of sp³-hybridized carbons (Fsp3) is 0.174. The fourth-order valence-electron chi connectivity index (χ4n) is 3.59. The Balaban J connectivity index is 1.53. The van der Waals surface area contributed by atoms with Gasteiger partial charge >= 0.3 is 0 Å². The van der Waals surface area contributed by atoms with Gasteiger partial charge in [0.15, 0.2) is 0 Å². The number of pyridine rings is 1. The second-order valence-corrected chi connectivity index (χ2v) is 8.54. The highest BCUT2D eigenvalue weighted by Gasteiger charge is 2.20. The first-order chi connectivity index (χ1) is 14.9. The molecule has 0 bridgehead atoms. The van der Waals surface area contributed by atoms with Gasteiger partial charge in [-0.2, -0.15) is 0 Å². The van der Waals surface area contributed by atoms with Gasteiger partial charge in [-0.05, 0) is 25.1 Å². The number of ether oxygens (including phenoxy) is 1. The first-order valence-corrected chi connectivity index (χ1v) is 10.5. The Hall–Kier alpha value is -3.65. The van der Waals surface area contributed by atoms with Gasteiger partial charge in [0, 0.05) is 57.3 Å². The van der Waals surface area contributed by atoms with Gasteiger partial charge in [-0.15, -0.1) is 11.3 Å². The van der Waals surface area contributed by atoms with Gasteiger partial charge in [-0.3, -0.25) is 9.78 Å². The zero-order valence-electron chi connectivity index (χ0n) is 17.5. The van der Waals surface area contributed by atoms with Crippen LogP contribution in [0.2, 0.25) is 0 Å². The van der Waals surface area contributed by atoms with Crippen molar-refractivity contribution in [2.45, 2.75) is 6.92 Å². The molecular formula is C23H20N4O3S. The largest absolute Gasteiger partial charge is 0.460 e. The molecule has 0 spiro atoms. The van der Waals surface area contributed by atoms with Gasteiger partial charge in [-0.1, -0.05) is 0 Å². The molecule has 0 aliphatic rings. The van der Waals surface area contributed by atoms with Crippen molar-refractivity contribution >= 4 is 38.4 Å². The van der Waals surface area contributed by atoms with Gasteiger partial charge in [0.2, 0.25) is 0 Å². The summed E-state index contributed by atoms with van der Waals surface area (Å²) in [5.41, 5.74) is 2.05. The second-order valence-electron chi connectivity index (χ2n) is 7.49. The highest BCUT2D eigenvalue weighted by atomic mass is 32.1. The van der Waals surface area contributed by atoms with Crippen LogP contribution in [-0.4, -0.2) is 39.4 Å². The summed E-state index contributed by atoms with van der Waals surface area (Å²) >= 11 is 1.59. The van der Waals surface area contributed by atoms with Crippen LogP contribution in [0, 0.1) is 6.92 Å². The van der Waals surface area contributed by atoms with E-state index >= 15 is 0 Å². The Morgan fingerprint density at radius 2 is 2.00 bits per heavy atom. The van der Waals surface area contributed by atoms with Crippen LogP contribution in [0.5, 0.6) is 11.5 Å². The predicted molar refractivity (Wildman–Crippen MR) is 121 cm³/mol. The molecule has 4 heterocycles. The van der Waals surface area contributed by atoms with Crippen LogP contribution in [0.1, 0.15) is 16.1 Å². The SMILES string of the molecule is Cc1oc2cc(Oc3ccnc4cc(-c5nccn5C)sc34)ccc2c1C(=O)N(C)C. The summed E-state index contributed by atoms with van der Waals surface area (Å²) in [5, 5.41) is 0.775. The van der Waals surface area contributed by atoms with E-state index in [4.69, 9.17) is 9.15 Å². The normalized spacial score (nSPS) is 11.4. The van der Waals surface area contributed by atoms with Crippen molar-refractivity contribution in [3.8, 4) is 22.2 Å². The van der Waals surface area contributed by atoms with Crippen molar-refractivity contribution in [3.63, 3.8) is 0 Å². The Kier molecular flexibility index (Phi) is 4.51. The summed E-state index contributed by atoms with van der Waals surface area (Å²) in [5.74, 6) is 2.74. The Morgan fingerprint density at radius 3 is 2.74 bits per heavy atom. The number of nitrogens with zero attached hydrogens (tertiary/aromatic N) is 4. The molecule has 31 heavy (non-hydrogen) atoms. The Morgan fingerprint density at radius 1 is 1.16 bits per heavy atom. The van der Waals surface area contributed by atoms with Gasteiger partial charge in [0.25, 0.3) is 5.91 Å². The first kappa shape index (κ1) is 19.3. The molecule has 7 nitrogen and oxygen atoms in total. The lowest BCUT2D eigenvalue weighted by Crippen LogP contribution is -2.22. The number of carbonyl (C=O) groups excluding carboxylic acids is 1. The molecule has 4 aromatic heterocycles. The van der Waals surface area contributed by atoms with Crippen LogP contribution in [-0.2, 0) is 7.05 Å². The molecule has 1 aromatic carbocycles. The van der Waals surface area contributed by atoms with Crippen molar-refractivity contribution < 1.29 is 13.9 Å². The average molecular weight is 433 g/mol. The minimum atomic E-state index is -0.0823. The topological polar surface area (TPSA) is 73.4 Å². The summed E-state index contributed by atoms with van der Waals surface area (Å²) in [7, 11) is 5.42. The zero-order valence-corrected chi connectivity index (χ0v) is 18.4. The molecule has 0 radical (unpaired) electrons. The number of hydrogen-bond donors (Lipinski definition) is 0. The molecule has 1 amide bonds. The van der Waals surface area contributed by atoms with Crippen LogP contribution in [0.25, 0.3) is 31.9 Å².